The average molecular weight is 225 g/mol. The fourth-order valence-electron chi connectivity index (χ4n) is 0.947. The van der Waals surface area contributed by atoms with Gasteiger partial charge in [-0.05, 0) is 5.56 Å². The molecule has 0 aliphatic carbocycles. The summed E-state index contributed by atoms with van der Waals surface area (Å²) in [5.74, 6) is -1.50. The molecule has 1 aromatic carbocycles. The second-order valence-electron chi connectivity index (χ2n) is 2.51. The van der Waals surface area contributed by atoms with Crippen molar-refractivity contribution in [2.75, 3.05) is 0 Å². The van der Waals surface area contributed by atoms with Crippen molar-refractivity contribution in [3.8, 4) is 0 Å². The van der Waals surface area contributed by atoms with Gasteiger partial charge in [-0.25, -0.2) is 0 Å². The van der Waals surface area contributed by atoms with Gasteiger partial charge in [0.15, 0.2) is 0 Å². The summed E-state index contributed by atoms with van der Waals surface area (Å²) in [6.45, 7) is 0. The van der Waals surface area contributed by atoms with E-state index >= 15 is 0 Å². The van der Waals surface area contributed by atoms with Crippen molar-refractivity contribution < 1.29 is 23.6 Å². The monoisotopic (exact) mass is 225 g/mol. The Morgan fingerprint density at radius 2 is 1.87 bits per heavy atom. The highest BCUT2D eigenvalue weighted by Gasteiger charge is 2.03. The molecule has 0 unspecified atom stereocenters. The number of hydrogen-bond donors (Lipinski definition) is 0. The topological polar surface area (TPSA) is 83.5 Å². The third-order valence-corrected chi connectivity index (χ3v) is 1.84. The normalized spacial score (nSPS) is 10.8. The Balaban J connectivity index is 3.04. The summed E-state index contributed by atoms with van der Waals surface area (Å²) < 4.78 is 24.3. The van der Waals surface area contributed by atoms with Crippen LogP contribution in [0.3, 0.4) is 0 Å². The van der Waals surface area contributed by atoms with Gasteiger partial charge in [0.25, 0.3) is 0 Å². The van der Waals surface area contributed by atoms with E-state index in [9.17, 15) is 19.0 Å². The lowest BCUT2D eigenvalue weighted by Crippen LogP contribution is -2.23. The van der Waals surface area contributed by atoms with Crippen molar-refractivity contribution in [3.63, 3.8) is 0 Å². The predicted molar refractivity (Wildman–Crippen MR) is 48.8 cm³/mol. The Morgan fingerprint density at radius 1 is 1.27 bits per heavy atom. The molecular formula is C9H6O5P-. The van der Waals surface area contributed by atoms with Gasteiger partial charge in [0.05, 0.1) is 5.97 Å². The van der Waals surface area contributed by atoms with Gasteiger partial charge >= 0.3 is 7.91 Å². The first-order chi connectivity index (χ1) is 7.11. The van der Waals surface area contributed by atoms with Crippen LogP contribution in [-0.4, -0.2) is 5.97 Å². The van der Waals surface area contributed by atoms with E-state index in [1.54, 1.807) is 18.2 Å². The third kappa shape index (κ3) is 3.40. The zero-order valence-corrected chi connectivity index (χ0v) is 8.35. The number of hydrogen-bond acceptors (Lipinski definition) is 5. The molecule has 6 heteroatoms. The summed E-state index contributed by atoms with van der Waals surface area (Å²) in [6, 6.07) is 7.93. The van der Waals surface area contributed by atoms with Crippen LogP contribution < -0.4 is 5.11 Å². The second-order valence-corrected chi connectivity index (χ2v) is 3.17. The molecule has 0 atom stereocenters. The Labute approximate surface area is 85.9 Å². The highest BCUT2D eigenvalue weighted by atomic mass is 31.1. The molecule has 0 N–H and O–H groups in total. The van der Waals surface area contributed by atoms with E-state index in [0.29, 0.717) is 11.8 Å². The van der Waals surface area contributed by atoms with Crippen LogP contribution in [0.5, 0.6) is 0 Å². The largest absolute Gasteiger partial charge is 0.545 e. The molecule has 0 radical (unpaired) electrons. The molecule has 0 heterocycles. The van der Waals surface area contributed by atoms with E-state index in [0.717, 1.165) is 0 Å². The second kappa shape index (κ2) is 5.12. The molecule has 0 saturated heterocycles. The SMILES string of the molecule is O=C([O-])/C(=C/OP(=O)=O)c1ccccc1. The van der Waals surface area contributed by atoms with Crippen molar-refractivity contribution in [2.45, 2.75) is 0 Å². The average Bonchev–Trinajstić information content (AvgIpc) is 2.18. The van der Waals surface area contributed by atoms with E-state index in [2.05, 4.69) is 4.52 Å². The lowest BCUT2D eigenvalue weighted by Gasteiger charge is -2.06. The molecule has 0 saturated carbocycles. The molecule has 0 aromatic heterocycles. The molecule has 0 aliphatic heterocycles. The molecule has 78 valence electrons. The third-order valence-electron chi connectivity index (χ3n) is 1.56. The number of carboxylic acids is 1. The maximum absolute atomic E-state index is 10.7. The van der Waals surface area contributed by atoms with Crippen LogP contribution >= 0.6 is 7.91 Å². The maximum Gasteiger partial charge on any atom is 0.528 e. The van der Waals surface area contributed by atoms with E-state index < -0.39 is 13.9 Å². The molecule has 0 spiro atoms. The fourth-order valence-corrected chi connectivity index (χ4v) is 1.14. The van der Waals surface area contributed by atoms with Crippen LogP contribution in [0.25, 0.3) is 5.57 Å². The fraction of sp³-hybridized carbons (Fsp3) is 0. The van der Waals surface area contributed by atoms with Crippen molar-refractivity contribution in [2.24, 2.45) is 0 Å². The van der Waals surface area contributed by atoms with Crippen LogP contribution in [0, 0.1) is 0 Å². The lowest BCUT2D eigenvalue weighted by atomic mass is 10.1. The summed E-state index contributed by atoms with van der Waals surface area (Å²) >= 11 is 0. The van der Waals surface area contributed by atoms with E-state index in [1.807, 2.05) is 0 Å². The van der Waals surface area contributed by atoms with Crippen molar-refractivity contribution in [1.82, 2.24) is 0 Å². The van der Waals surface area contributed by atoms with Crippen LogP contribution in [0.2, 0.25) is 0 Å². The van der Waals surface area contributed by atoms with Gasteiger partial charge in [-0.1, -0.05) is 30.3 Å². The predicted octanol–water partition coefficient (Wildman–Crippen LogP) is 0.882. The zero-order chi connectivity index (χ0) is 11.3. The first-order valence-corrected chi connectivity index (χ1v) is 4.99. The van der Waals surface area contributed by atoms with E-state index in [-0.39, 0.29) is 5.57 Å². The van der Waals surface area contributed by atoms with Crippen LogP contribution in [0.1, 0.15) is 5.56 Å². The van der Waals surface area contributed by atoms with Crippen molar-refractivity contribution in [1.29, 1.82) is 0 Å². The number of carbonyl (C=O) groups excluding carboxylic acids is 1. The molecule has 0 amide bonds. The molecule has 0 fully saturated rings. The Morgan fingerprint density at radius 3 is 2.33 bits per heavy atom. The molecule has 1 aromatic rings. The Hall–Kier alpha value is -1.87. The van der Waals surface area contributed by atoms with E-state index in [4.69, 9.17) is 0 Å². The van der Waals surface area contributed by atoms with Gasteiger partial charge in [-0.3, -0.25) is 0 Å². The lowest BCUT2D eigenvalue weighted by molar-refractivity contribution is -0.295. The number of benzene rings is 1. The summed E-state index contributed by atoms with van der Waals surface area (Å²) in [4.78, 5) is 10.7. The van der Waals surface area contributed by atoms with Crippen LogP contribution in [-0.2, 0) is 18.4 Å². The first-order valence-electron chi connectivity index (χ1n) is 3.89. The molecular weight excluding hydrogens is 219 g/mol. The number of carboxylic acid groups (broad SMARTS) is 1. The molecule has 0 bridgehead atoms. The van der Waals surface area contributed by atoms with Crippen molar-refractivity contribution in [3.05, 3.63) is 42.2 Å². The number of rotatable bonds is 4. The number of aliphatic carboxylic acids is 1. The standard InChI is InChI=1S/C9H7O5P/c10-9(11)8(6-14-15(12)13)7-4-2-1-3-5-7/h1-6H,(H,10,11)/p-1/b8-6+. The highest BCUT2D eigenvalue weighted by Crippen LogP contribution is 2.16. The Bertz CT molecular complexity index is 439. The van der Waals surface area contributed by atoms with Gasteiger partial charge in [0.2, 0.25) is 0 Å². The summed E-state index contributed by atoms with van der Waals surface area (Å²) in [6.07, 6.45) is 0.635. The zero-order valence-electron chi connectivity index (χ0n) is 7.45. The first kappa shape index (κ1) is 11.2. The summed E-state index contributed by atoms with van der Waals surface area (Å²) in [5.41, 5.74) is -0.0100. The quantitative estimate of drug-likeness (QED) is 0.431. The van der Waals surface area contributed by atoms with Gasteiger partial charge in [-0.2, -0.15) is 9.13 Å². The Kier molecular flexibility index (Phi) is 3.83. The van der Waals surface area contributed by atoms with Gasteiger partial charge in [0.1, 0.15) is 6.26 Å². The maximum atomic E-state index is 10.7. The molecule has 1 rings (SSSR count). The summed E-state index contributed by atoms with van der Waals surface area (Å²) in [7, 11) is -3.12. The molecule has 5 nitrogen and oxygen atoms in total. The minimum Gasteiger partial charge on any atom is -0.545 e. The van der Waals surface area contributed by atoms with Gasteiger partial charge in [-0.15, -0.1) is 0 Å². The van der Waals surface area contributed by atoms with Gasteiger partial charge in [0, 0.05) is 5.57 Å². The molecule has 0 aliphatic rings. The van der Waals surface area contributed by atoms with Crippen LogP contribution in [0.15, 0.2) is 36.6 Å². The minimum atomic E-state index is -3.12. The minimum absolute atomic E-state index is 0.314. The highest BCUT2D eigenvalue weighted by molar-refractivity contribution is 7.24. The number of carbonyl (C=O) groups is 1. The van der Waals surface area contributed by atoms with Crippen LogP contribution in [0.4, 0.5) is 0 Å². The van der Waals surface area contributed by atoms with Gasteiger partial charge < -0.3 is 14.4 Å². The van der Waals surface area contributed by atoms with Crippen molar-refractivity contribution >= 4 is 19.4 Å². The smallest absolute Gasteiger partial charge is 0.528 e. The van der Waals surface area contributed by atoms with E-state index in [1.165, 1.54) is 12.1 Å². The summed E-state index contributed by atoms with van der Waals surface area (Å²) in [5, 5.41) is 10.7. The molecule has 15 heavy (non-hydrogen) atoms.